The van der Waals surface area contributed by atoms with E-state index in [4.69, 9.17) is 21.1 Å². The van der Waals surface area contributed by atoms with Crippen LogP contribution < -0.4 is 15.2 Å². The lowest BCUT2D eigenvalue weighted by Gasteiger charge is -2.15. The average Bonchev–Trinajstić information content (AvgIpc) is 3.25. The van der Waals surface area contributed by atoms with E-state index in [0.29, 0.717) is 27.8 Å². The molecule has 0 bridgehead atoms. The minimum atomic E-state index is -0.359. The van der Waals surface area contributed by atoms with Gasteiger partial charge in [0.25, 0.3) is 0 Å². The number of aryl methyl sites for hydroxylation is 3. The van der Waals surface area contributed by atoms with Crippen LogP contribution in [0.3, 0.4) is 0 Å². The van der Waals surface area contributed by atoms with Crippen molar-refractivity contribution in [1.29, 1.82) is 0 Å². The lowest BCUT2D eigenvalue weighted by molar-refractivity contribution is 0.294. The number of rotatable bonds is 6. The van der Waals surface area contributed by atoms with E-state index in [0.717, 1.165) is 27.2 Å². The third kappa shape index (κ3) is 3.75. The lowest BCUT2D eigenvalue weighted by atomic mass is 10.1. The standard InChI is InChI=1S/C22H23ClN6O3/c1-13-11-15(21-20(23)14(2)27(3)24-21)9-10-18(13)32-12-16-17(7-6-8-19(16)31-5)29-22(30)28(4)25-26-29/h6-11H,12H2,1-5H3. The number of tetrazole rings is 1. The van der Waals surface area contributed by atoms with Gasteiger partial charge in [0.15, 0.2) is 0 Å². The van der Waals surface area contributed by atoms with Crippen LogP contribution in [-0.2, 0) is 20.7 Å². The topological polar surface area (TPSA) is 89.0 Å². The fourth-order valence-corrected chi connectivity index (χ4v) is 3.70. The third-order valence-electron chi connectivity index (χ3n) is 5.36. The van der Waals surface area contributed by atoms with Gasteiger partial charge < -0.3 is 9.47 Å². The molecule has 2 heterocycles. The van der Waals surface area contributed by atoms with Crippen LogP contribution in [0.2, 0.25) is 5.02 Å². The number of methoxy groups -OCH3 is 1. The van der Waals surface area contributed by atoms with Crippen LogP contribution in [0, 0.1) is 13.8 Å². The number of nitrogens with zero attached hydrogens (tertiary/aromatic N) is 6. The molecule has 0 radical (unpaired) electrons. The fourth-order valence-electron chi connectivity index (χ4n) is 3.43. The summed E-state index contributed by atoms with van der Waals surface area (Å²) in [6.45, 7) is 4.06. The van der Waals surface area contributed by atoms with Crippen LogP contribution >= 0.6 is 11.6 Å². The van der Waals surface area contributed by atoms with Gasteiger partial charge in [0, 0.05) is 19.7 Å². The van der Waals surface area contributed by atoms with Gasteiger partial charge in [-0.1, -0.05) is 17.7 Å². The summed E-state index contributed by atoms with van der Waals surface area (Å²) in [6, 6.07) is 11.2. The quantitative estimate of drug-likeness (QED) is 0.444. The van der Waals surface area contributed by atoms with Crippen molar-refractivity contribution >= 4 is 11.6 Å². The molecule has 166 valence electrons. The molecular formula is C22H23ClN6O3. The van der Waals surface area contributed by atoms with Crippen LogP contribution in [0.1, 0.15) is 16.8 Å². The molecule has 0 amide bonds. The number of aromatic nitrogens is 6. The third-order valence-corrected chi connectivity index (χ3v) is 5.81. The van der Waals surface area contributed by atoms with Crippen molar-refractivity contribution in [3.05, 3.63) is 68.7 Å². The summed E-state index contributed by atoms with van der Waals surface area (Å²) in [5.74, 6) is 1.28. The summed E-state index contributed by atoms with van der Waals surface area (Å²) in [6.07, 6.45) is 0. The monoisotopic (exact) mass is 454 g/mol. The molecule has 0 fully saturated rings. The molecule has 10 heteroatoms. The first kappa shape index (κ1) is 21.6. The highest BCUT2D eigenvalue weighted by atomic mass is 35.5. The molecule has 0 aliphatic heterocycles. The Labute approximate surface area is 189 Å². The van der Waals surface area contributed by atoms with Crippen LogP contribution in [0.25, 0.3) is 16.9 Å². The van der Waals surface area contributed by atoms with E-state index >= 15 is 0 Å². The smallest absolute Gasteiger partial charge is 0.368 e. The van der Waals surface area contributed by atoms with E-state index < -0.39 is 0 Å². The van der Waals surface area contributed by atoms with Crippen molar-refractivity contribution in [1.82, 2.24) is 29.6 Å². The van der Waals surface area contributed by atoms with Crippen molar-refractivity contribution in [3.63, 3.8) is 0 Å². The van der Waals surface area contributed by atoms with Gasteiger partial charge in [-0.25, -0.2) is 4.79 Å². The maximum absolute atomic E-state index is 12.4. The van der Waals surface area contributed by atoms with Crippen LogP contribution in [-0.4, -0.2) is 36.7 Å². The molecule has 0 atom stereocenters. The van der Waals surface area contributed by atoms with Crippen molar-refractivity contribution in [2.45, 2.75) is 20.5 Å². The van der Waals surface area contributed by atoms with Gasteiger partial charge in [0.05, 0.1) is 29.1 Å². The van der Waals surface area contributed by atoms with Crippen molar-refractivity contribution in [3.8, 4) is 28.4 Å². The molecule has 2 aromatic carbocycles. The van der Waals surface area contributed by atoms with E-state index in [1.54, 1.807) is 31.0 Å². The fraction of sp³-hybridized carbons (Fsp3) is 0.273. The SMILES string of the molecule is COc1cccc(-n2nnn(C)c2=O)c1COc1ccc(-c2nn(C)c(C)c2Cl)cc1C. The van der Waals surface area contributed by atoms with E-state index in [2.05, 4.69) is 15.5 Å². The first-order valence-electron chi connectivity index (χ1n) is 9.90. The summed E-state index contributed by atoms with van der Waals surface area (Å²) in [7, 11) is 4.98. The zero-order valence-corrected chi connectivity index (χ0v) is 19.2. The molecule has 9 nitrogen and oxygen atoms in total. The molecule has 4 aromatic rings. The Morgan fingerprint density at radius 3 is 2.41 bits per heavy atom. The molecule has 0 spiro atoms. The Balaban J connectivity index is 1.65. The Morgan fingerprint density at radius 2 is 1.81 bits per heavy atom. The number of halogens is 1. The highest BCUT2D eigenvalue weighted by Gasteiger charge is 2.17. The van der Waals surface area contributed by atoms with Gasteiger partial charge >= 0.3 is 5.69 Å². The van der Waals surface area contributed by atoms with E-state index in [1.807, 2.05) is 45.2 Å². The first-order valence-corrected chi connectivity index (χ1v) is 10.3. The highest BCUT2D eigenvalue weighted by Crippen LogP contribution is 2.33. The molecule has 0 N–H and O–H groups in total. The van der Waals surface area contributed by atoms with E-state index in [9.17, 15) is 4.79 Å². The second-order valence-electron chi connectivity index (χ2n) is 7.40. The van der Waals surface area contributed by atoms with Crippen LogP contribution in [0.4, 0.5) is 0 Å². The first-order chi connectivity index (χ1) is 15.3. The molecule has 2 aromatic heterocycles. The predicted molar refractivity (Wildman–Crippen MR) is 121 cm³/mol. The molecule has 0 unspecified atom stereocenters. The number of benzene rings is 2. The molecule has 32 heavy (non-hydrogen) atoms. The van der Waals surface area contributed by atoms with Crippen LogP contribution in [0.15, 0.2) is 41.2 Å². The van der Waals surface area contributed by atoms with Gasteiger partial charge in [-0.3, -0.25) is 4.68 Å². The van der Waals surface area contributed by atoms with Crippen molar-refractivity contribution < 1.29 is 9.47 Å². The minimum absolute atomic E-state index is 0.173. The normalized spacial score (nSPS) is 11.1. The number of hydrogen-bond donors (Lipinski definition) is 0. The van der Waals surface area contributed by atoms with Gasteiger partial charge in [-0.15, -0.1) is 0 Å². The Hall–Kier alpha value is -3.59. The van der Waals surface area contributed by atoms with Crippen molar-refractivity contribution in [2.75, 3.05) is 7.11 Å². The summed E-state index contributed by atoms with van der Waals surface area (Å²) >= 11 is 6.44. The molecule has 0 aliphatic rings. The average molecular weight is 455 g/mol. The maximum Gasteiger partial charge on any atom is 0.368 e. The Bertz CT molecular complexity index is 1350. The Kier molecular flexibility index (Phi) is 5.75. The number of hydrogen-bond acceptors (Lipinski definition) is 6. The summed E-state index contributed by atoms with van der Waals surface area (Å²) in [5, 5.41) is 12.9. The second kappa shape index (κ2) is 8.51. The van der Waals surface area contributed by atoms with Gasteiger partial charge in [0.2, 0.25) is 0 Å². The van der Waals surface area contributed by atoms with E-state index in [1.165, 1.54) is 4.68 Å². The van der Waals surface area contributed by atoms with Gasteiger partial charge in [-0.2, -0.15) is 14.5 Å². The largest absolute Gasteiger partial charge is 0.496 e. The zero-order chi connectivity index (χ0) is 23.0. The molecular weight excluding hydrogens is 432 g/mol. The van der Waals surface area contributed by atoms with Crippen LogP contribution in [0.5, 0.6) is 11.5 Å². The maximum atomic E-state index is 12.4. The molecule has 0 saturated heterocycles. The summed E-state index contributed by atoms with van der Waals surface area (Å²) < 4.78 is 15.8. The number of ether oxygens (including phenoxy) is 2. The van der Waals surface area contributed by atoms with Gasteiger partial charge in [0.1, 0.15) is 23.8 Å². The molecule has 4 rings (SSSR count). The zero-order valence-electron chi connectivity index (χ0n) is 18.5. The highest BCUT2D eigenvalue weighted by molar-refractivity contribution is 6.33. The summed E-state index contributed by atoms with van der Waals surface area (Å²) in [4.78, 5) is 12.4. The molecule has 0 saturated carbocycles. The Morgan fingerprint density at radius 1 is 1.03 bits per heavy atom. The van der Waals surface area contributed by atoms with E-state index in [-0.39, 0.29) is 12.3 Å². The lowest BCUT2D eigenvalue weighted by Crippen LogP contribution is -2.23. The summed E-state index contributed by atoms with van der Waals surface area (Å²) in [5.41, 5.74) is 4.35. The predicted octanol–water partition coefficient (Wildman–Crippen LogP) is 3.22. The minimum Gasteiger partial charge on any atom is -0.496 e. The van der Waals surface area contributed by atoms with Crippen molar-refractivity contribution in [2.24, 2.45) is 14.1 Å². The molecule has 0 aliphatic carbocycles. The van der Waals surface area contributed by atoms with Gasteiger partial charge in [-0.05, 0) is 60.2 Å². The second-order valence-corrected chi connectivity index (χ2v) is 7.77.